The first-order chi connectivity index (χ1) is 13.1. The number of amides is 1. The van der Waals surface area contributed by atoms with Gasteiger partial charge in [0.2, 0.25) is 0 Å². The van der Waals surface area contributed by atoms with Crippen molar-refractivity contribution in [3.05, 3.63) is 28.7 Å². The molecular formula is C20H26N2O5. The predicted octanol–water partition coefficient (Wildman–Crippen LogP) is 3.46. The summed E-state index contributed by atoms with van der Waals surface area (Å²) in [6, 6.07) is 3.43. The standard InChI is InChI=1S/C20H26N2O5/c1-4-22-12-18(27-20(24)21-13-8-6-5-7-9-13)14-10-16(25-2)17(26-3)11-15(14)19(22)23/h10-13H,4-9H2,1-3H3,(H,21,24). The van der Waals surface area contributed by atoms with E-state index in [0.29, 0.717) is 34.6 Å². The number of fused-ring (bicyclic) bond motifs is 1. The summed E-state index contributed by atoms with van der Waals surface area (Å²) in [5.74, 6) is 1.24. The molecule has 0 saturated heterocycles. The Morgan fingerprint density at radius 2 is 1.70 bits per heavy atom. The number of pyridine rings is 1. The van der Waals surface area contributed by atoms with Crippen LogP contribution in [-0.2, 0) is 6.54 Å². The SMILES string of the molecule is CCn1cc(OC(=O)NC2CCCCC2)c2cc(OC)c(OC)cc2c1=O. The fraction of sp³-hybridized carbons (Fsp3) is 0.500. The molecule has 1 aliphatic rings. The number of hydrogen-bond acceptors (Lipinski definition) is 5. The van der Waals surface area contributed by atoms with E-state index in [4.69, 9.17) is 14.2 Å². The van der Waals surface area contributed by atoms with Crippen LogP contribution in [0.2, 0.25) is 0 Å². The number of carbonyl (C=O) groups is 1. The predicted molar refractivity (Wildman–Crippen MR) is 103 cm³/mol. The summed E-state index contributed by atoms with van der Waals surface area (Å²) < 4.78 is 17.7. The van der Waals surface area contributed by atoms with Gasteiger partial charge in [0.15, 0.2) is 17.2 Å². The lowest BCUT2D eigenvalue weighted by molar-refractivity contribution is 0.192. The molecule has 7 heteroatoms. The van der Waals surface area contributed by atoms with Gasteiger partial charge < -0.3 is 24.1 Å². The number of methoxy groups -OCH3 is 2. The number of benzene rings is 1. The molecule has 0 bridgehead atoms. The van der Waals surface area contributed by atoms with Crippen LogP contribution in [0.1, 0.15) is 39.0 Å². The molecule has 0 aliphatic heterocycles. The van der Waals surface area contributed by atoms with Gasteiger partial charge in [0, 0.05) is 18.0 Å². The normalized spacial score (nSPS) is 14.8. The van der Waals surface area contributed by atoms with Gasteiger partial charge in [0.25, 0.3) is 5.56 Å². The Labute approximate surface area is 158 Å². The quantitative estimate of drug-likeness (QED) is 0.867. The lowest BCUT2D eigenvalue weighted by atomic mass is 9.96. The van der Waals surface area contributed by atoms with Crippen molar-refractivity contribution in [2.24, 2.45) is 0 Å². The second-order valence-electron chi connectivity index (χ2n) is 6.71. The van der Waals surface area contributed by atoms with Crippen molar-refractivity contribution in [1.82, 2.24) is 9.88 Å². The van der Waals surface area contributed by atoms with Gasteiger partial charge >= 0.3 is 6.09 Å². The zero-order chi connectivity index (χ0) is 19.4. The van der Waals surface area contributed by atoms with Crippen LogP contribution in [0.3, 0.4) is 0 Å². The van der Waals surface area contributed by atoms with Crippen molar-refractivity contribution in [1.29, 1.82) is 0 Å². The third-order valence-electron chi connectivity index (χ3n) is 5.02. The van der Waals surface area contributed by atoms with Gasteiger partial charge in [-0.15, -0.1) is 0 Å². The van der Waals surface area contributed by atoms with Crippen LogP contribution in [0.15, 0.2) is 23.1 Å². The van der Waals surface area contributed by atoms with E-state index in [1.165, 1.54) is 25.2 Å². The Morgan fingerprint density at radius 3 is 2.30 bits per heavy atom. The molecule has 3 rings (SSSR count). The second kappa shape index (κ2) is 8.33. The fourth-order valence-electron chi connectivity index (χ4n) is 3.54. The van der Waals surface area contributed by atoms with Gasteiger partial charge in [-0.25, -0.2) is 4.79 Å². The first-order valence-corrected chi connectivity index (χ1v) is 9.34. The Hall–Kier alpha value is -2.70. The minimum Gasteiger partial charge on any atom is -0.493 e. The molecule has 1 fully saturated rings. The first-order valence-electron chi connectivity index (χ1n) is 9.34. The molecule has 1 aromatic carbocycles. The third kappa shape index (κ3) is 4.02. The maximum atomic E-state index is 12.7. The minimum atomic E-state index is -0.501. The van der Waals surface area contributed by atoms with Crippen molar-refractivity contribution < 1.29 is 19.0 Å². The number of nitrogens with one attached hydrogen (secondary N) is 1. The molecule has 1 amide bonds. The molecule has 0 atom stereocenters. The highest BCUT2D eigenvalue weighted by Gasteiger charge is 2.20. The highest BCUT2D eigenvalue weighted by Crippen LogP contribution is 2.35. The van der Waals surface area contributed by atoms with E-state index >= 15 is 0 Å². The number of rotatable bonds is 5. The highest BCUT2D eigenvalue weighted by molar-refractivity contribution is 5.92. The van der Waals surface area contributed by atoms with Crippen molar-refractivity contribution >= 4 is 16.9 Å². The number of ether oxygens (including phenoxy) is 3. The molecule has 1 aliphatic carbocycles. The van der Waals surface area contributed by atoms with E-state index in [1.54, 1.807) is 18.3 Å². The molecule has 2 aromatic rings. The monoisotopic (exact) mass is 374 g/mol. The van der Waals surface area contributed by atoms with E-state index < -0.39 is 6.09 Å². The van der Waals surface area contributed by atoms with Crippen LogP contribution in [-0.4, -0.2) is 30.9 Å². The molecule has 1 saturated carbocycles. The molecule has 27 heavy (non-hydrogen) atoms. The van der Waals surface area contributed by atoms with E-state index in [0.717, 1.165) is 25.7 Å². The number of aromatic nitrogens is 1. The summed E-state index contributed by atoms with van der Waals surface area (Å²) in [7, 11) is 3.03. The van der Waals surface area contributed by atoms with Gasteiger partial charge in [0.05, 0.1) is 25.8 Å². The van der Waals surface area contributed by atoms with E-state index in [-0.39, 0.29) is 11.6 Å². The van der Waals surface area contributed by atoms with Crippen LogP contribution in [0.5, 0.6) is 17.2 Å². The third-order valence-corrected chi connectivity index (χ3v) is 5.02. The van der Waals surface area contributed by atoms with Gasteiger partial charge in [-0.05, 0) is 31.9 Å². The molecule has 1 aromatic heterocycles. The summed E-state index contributed by atoms with van der Waals surface area (Å²) in [5.41, 5.74) is -0.173. The van der Waals surface area contributed by atoms with Crippen molar-refractivity contribution in [3.63, 3.8) is 0 Å². The number of nitrogens with zero attached hydrogens (tertiary/aromatic N) is 1. The maximum absolute atomic E-state index is 12.7. The maximum Gasteiger partial charge on any atom is 0.412 e. The van der Waals surface area contributed by atoms with E-state index in [2.05, 4.69) is 5.32 Å². The zero-order valence-electron chi connectivity index (χ0n) is 16.0. The lowest BCUT2D eigenvalue weighted by Crippen LogP contribution is -2.38. The summed E-state index contributed by atoms with van der Waals surface area (Å²) in [5, 5.41) is 3.86. The Balaban J connectivity index is 1.98. The smallest absolute Gasteiger partial charge is 0.412 e. The zero-order valence-corrected chi connectivity index (χ0v) is 16.0. The van der Waals surface area contributed by atoms with Gasteiger partial charge in [-0.1, -0.05) is 19.3 Å². The highest BCUT2D eigenvalue weighted by atomic mass is 16.6. The van der Waals surface area contributed by atoms with Gasteiger partial charge in [-0.2, -0.15) is 0 Å². The molecule has 7 nitrogen and oxygen atoms in total. The summed E-state index contributed by atoms with van der Waals surface area (Å²) in [4.78, 5) is 25.1. The van der Waals surface area contributed by atoms with Crippen LogP contribution in [0.4, 0.5) is 4.79 Å². The molecule has 0 unspecified atom stereocenters. The van der Waals surface area contributed by atoms with Gasteiger partial charge in [-0.3, -0.25) is 4.79 Å². The average molecular weight is 374 g/mol. The lowest BCUT2D eigenvalue weighted by Gasteiger charge is -2.22. The van der Waals surface area contributed by atoms with Crippen LogP contribution in [0, 0.1) is 0 Å². The van der Waals surface area contributed by atoms with Crippen molar-refractivity contribution in [2.75, 3.05) is 14.2 Å². The Morgan fingerprint density at radius 1 is 1.07 bits per heavy atom. The molecular weight excluding hydrogens is 348 g/mol. The number of aryl methyl sites for hydroxylation is 1. The fourth-order valence-corrected chi connectivity index (χ4v) is 3.54. The minimum absolute atomic E-state index is 0.143. The molecule has 146 valence electrons. The van der Waals surface area contributed by atoms with Crippen LogP contribution in [0.25, 0.3) is 10.8 Å². The van der Waals surface area contributed by atoms with E-state index in [1.807, 2.05) is 6.92 Å². The first kappa shape index (κ1) is 19.1. The Bertz CT molecular complexity index is 884. The molecule has 1 N–H and O–H groups in total. The van der Waals surface area contributed by atoms with Crippen molar-refractivity contribution in [2.45, 2.75) is 51.6 Å². The van der Waals surface area contributed by atoms with Crippen molar-refractivity contribution in [3.8, 4) is 17.2 Å². The topological polar surface area (TPSA) is 78.8 Å². The van der Waals surface area contributed by atoms with Gasteiger partial charge in [0.1, 0.15) is 0 Å². The summed E-state index contributed by atoms with van der Waals surface area (Å²) in [6.45, 7) is 2.32. The van der Waals surface area contributed by atoms with Crippen LogP contribution < -0.4 is 25.1 Å². The summed E-state index contributed by atoms with van der Waals surface area (Å²) >= 11 is 0. The summed E-state index contributed by atoms with van der Waals surface area (Å²) in [6.07, 6.45) is 6.44. The van der Waals surface area contributed by atoms with E-state index in [9.17, 15) is 9.59 Å². The molecule has 1 heterocycles. The number of carbonyl (C=O) groups excluding carboxylic acids is 1. The molecule has 0 radical (unpaired) electrons. The average Bonchev–Trinajstić information content (AvgIpc) is 2.69. The largest absolute Gasteiger partial charge is 0.493 e. The Kier molecular flexibility index (Phi) is 5.88. The van der Waals surface area contributed by atoms with Crippen LogP contribution >= 0.6 is 0 Å². The number of hydrogen-bond donors (Lipinski definition) is 1. The molecule has 0 spiro atoms. The second-order valence-corrected chi connectivity index (χ2v) is 6.71.